The molecule has 0 aromatic carbocycles. The monoisotopic (exact) mass is 777 g/mol. The van der Waals surface area contributed by atoms with Crippen molar-refractivity contribution in [3.8, 4) is 0 Å². The van der Waals surface area contributed by atoms with E-state index in [9.17, 15) is 34.5 Å². The molecule has 312 valence electrons. The number of rotatable bonds is 5. The van der Waals surface area contributed by atoms with E-state index in [1.54, 1.807) is 27.9 Å². The van der Waals surface area contributed by atoms with Gasteiger partial charge in [-0.05, 0) is 89.0 Å². The topological polar surface area (TPSA) is 178 Å². The number of piperidine rings is 1. The molecule has 4 rings (SSSR count). The van der Waals surface area contributed by atoms with Crippen molar-refractivity contribution in [2.45, 2.75) is 160 Å². The van der Waals surface area contributed by atoms with Crippen LogP contribution in [0.5, 0.6) is 0 Å². The number of carbonyl (C=O) groups excluding carboxylic acids is 4. The number of ether oxygens (including phenoxy) is 5. The van der Waals surface area contributed by atoms with E-state index in [0.29, 0.717) is 50.5 Å². The Morgan fingerprint density at radius 1 is 0.873 bits per heavy atom. The minimum atomic E-state index is -2.50. The highest BCUT2D eigenvalue weighted by Crippen LogP contribution is 2.39. The zero-order valence-corrected chi connectivity index (χ0v) is 34.4. The fourth-order valence-electron chi connectivity index (χ4n) is 9.16. The molecule has 1 amide bonds. The van der Waals surface area contributed by atoms with Gasteiger partial charge in [-0.2, -0.15) is 0 Å². The van der Waals surface area contributed by atoms with E-state index >= 15 is 0 Å². The molecule has 3 fully saturated rings. The highest BCUT2D eigenvalue weighted by atomic mass is 16.7. The molecular formula is C42H67NO12. The summed E-state index contributed by atoms with van der Waals surface area (Å²) >= 11 is 0. The van der Waals surface area contributed by atoms with E-state index in [-0.39, 0.29) is 49.5 Å². The van der Waals surface area contributed by atoms with Crippen molar-refractivity contribution in [1.29, 1.82) is 0 Å². The van der Waals surface area contributed by atoms with Gasteiger partial charge < -0.3 is 43.9 Å². The number of amides is 1. The van der Waals surface area contributed by atoms with Gasteiger partial charge in [0.05, 0.1) is 30.5 Å². The molecule has 3 heterocycles. The van der Waals surface area contributed by atoms with E-state index in [0.717, 1.165) is 5.57 Å². The number of aliphatic hydroxyl groups is 3. The molecule has 0 aromatic rings. The van der Waals surface area contributed by atoms with E-state index in [1.165, 1.54) is 19.1 Å². The molecule has 0 unspecified atom stereocenters. The van der Waals surface area contributed by atoms with Crippen molar-refractivity contribution in [3.05, 3.63) is 23.3 Å². The van der Waals surface area contributed by atoms with Gasteiger partial charge in [0.1, 0.15) is 24.0 Å². The number of carbonyl (C=O) groups is 4. The summed E-state index contributed by atoms with van der Waals surface area (Å²) in [5, 5.41) is 33.9. The molecule has 13 heteroatoms. The summed E-state index contributed by atoms with van der Waals surface area (Å²) in [4.78, 5) is 57.3. The quantitative estimate of drug-likeness (QED) is 0.207. The lowest BCUT2D eigenvalue weighted by Gasteiger charge is -2.47. The molecule has 14 atom stereocenters. The van der Waals surface area contributed by atoms with Crippen LogP contribution in [0.3, 0.4) is 0 Å². The third-order valence-corrected chi connectivity index (χ3v) is 12.6. The van der Waals surface area contributed by atoms with Crippen LogP contribution in [0.4, 0.5) is 0 Å². The minimum absolute atomic E-state index is 0.00142. The Morgan fingerprint density at radius 2 is 1.53 bits per heavy atom. The maximum Gasteiger partial charge on any atom is 0.329 e. The number of fused-ring (bicyclic) bond motifs is 3. The summed E-state index contributed by atoms with van der Waals surface area (Å²) < 4.78 is 29.6. The smallest absolute Gasteiger partial charge is 0.329 e. The Kier molecular flexibility index (Phi) is 16.2. The SMILES string of the molecule is CO[C@H]1C[C@@H](C)C/C(C)=C\[C@@H](C)C(=O)C[C@H](O)[C@@H](C)[C@@H](/C(C)=C/[C@@H]2CC[C@@H](O)[C@H](OC)C2)OC(=O)[C@@H]2CCCCN2C(=O)C(=O)[C@]2(O)O[C@H]1[C@@H](OC)C[C@H]2C. The number of esters is 1. The van der Waals surface area contributed by atoms with Crippen molar-refractivity contribution in [2.24, 2.45) is 29.6 Å². The molecule has 2 saturated heterocycles. The summed E-state index contributed by atoms with van der Waals surface area (Å²) in [6.07, 6.45) is 3.09. The third-order valence-electron chi connectivity index (χ3n) is 12.6. The van der Waals surface area contributed by atoms with Gasteiger partial charge in [0.25, 0.3) is 11.7 Å². The standard InChI is InChI=1S/C42H67NO12/c1-23-16-24(2)18-35(52-8)38-36(53-9)20-27(5)42(50,55-38)39(47)40(48)43-15-11-10-12-30(43)41(49)54-37(28(6)33(46)22-32(45)25(3)17-23)26(4)19-29-13-14-31(44)34(21-29)51-7/h17,19,24-25,27-31,33-38,44,46,50H,10-16,18,20-22H2,1-9H3/b23-17-,26-19+/t24-,25+,27+,28+,29-,30-,31+,33-,34+,35-,36-,37+,38+,42+/m0/s1. The van der Waals surface area contributed by atoms with Gasteiger partial charge in [-0.1, -0.05) is 45.4 Å². The predicted octanol–water partition coefficient (Wildman–Crippen LogP) is 4.08. The lowest BCUT2D eigenvalue weighted by Crippen LogP contribution is -2.64. The zero-order chi connectivity index (χ0) is 40.8. The maximum atomic E-state index is 14.2. The number of Topliss-reactive ketones (excluding diaryl/α,β-unsaturated/α-hetero) is 2. The lowest BCUT2D eigenvalue weighted by atomic mass is 9.82. The van der Waals surface area contributed by atoms with Gasteiger partial charge in [-0.3, -0.25) is 14.4 Å². The summed E-state index contributed by atoms with van der Waals surface area (Å²) in [6.45, 7) is 11.1. The van der Waals surface area contributed by atoms with Crippen LogP contribution in [0.2, 0.25) is 0 Å². The number of ketones is 2. The zero-order valence-electron chi connectivity index (χ0n) is 34.4. The highest BCUT2D eigenvalue weighted by molar-refractivity contribution is 6.39. The fraction of sp³-hybridized carbons (Fsp3) is 0.810. The summed E-state index contributed by atoms with van der Waals surface area (Å²) in [5.41, 5.74) is 1.64. The molecule has 1 aliphatic carbocycles. The van der Waals surface area contributed by atoms with E-state index in [2.05, 4.69) is 0 Å². The first-order valence-electron chi connectivity index (χ1n) is 20.2. The van der Waals surface area contributed by atoms with Crippen LogP contribution in [-0.4, -0.2) is 126 Å². The Hall–Kier alpha value is -2.52. The molecule has 4 aliphatic rings. The maximum absolute atomic E-state index is 14.2. The van der Waals surface area contributed by atoms with Gasteiger partial charge in [-0.25, -0.2) is 4.79 Å². The molecule has 0 radical (unpaired) electrons. The molecule has 1 saturated carbocycles. The van der Waals surface area contributed by atoms with Crippen LogP contribution < -0.4 is 0 Å². The first-order chi connectivity index (χ1) is 25.9. The van der Waals surface area contributed by atoms with Gasteiger partial charge in [0.2, 0.25) is 5.79 Å². The second kappa shape index (κ2) is 19.8. The Bertz CT molecular complexity index is 1410. The first-order valence-corrected chi connectivity index (χ1v) is 20.2. The normalized spacial score (nSPS) is 42.1. The number of hydrogen-bond donors (Lipinski definition) is 3. The van der Waals surface area contributed by atoms with Crippen LogP contribution >= 0.6 is 0 Å². The largest absolute Gasteiger partial charge is 0.456 e. The number of methoxy groups -OCH3 is 3. The Morgan fingerprint density at radius 3 is 2.18 bits per heavy atom. The number of aliphatic hydroxyl groups excluding tert-OH is 2. The summed E-state index contributed by atoms with van der Waals surface area (Å²) in [5.74, 6) is -7.59. The highest BCUT2D eigenvalue weighted by Gasteiger charge is 2.56. The number of hydrogen-bond acceptors (Lipinski definition) is 12. The molecule has 3 aliphatic heterocycles. The Balaban J connectivity index is 1.75. The summed E-state index contributed by atoms with van der Waals surface area (Å²) in [7, 11) is 4.62. The van der Waals surface area contributed by atoms with Crippen LogP contribution in [0, 0.1) is 29.6 Å². The van der Waals surface area contributed by atoms with Crippen LogP contribution in [0.1, 0.15) is 106 Å². The Labute approximate surface area is 327 Å². The lowest BCUT2D eigenvalue weighted by molar-refractivity contribution is -0.302. The van der Waals surface area contributed by atoms with Crippen molar-refractivity contribution < 1.29 is 58.2 Å². The average molecular weight is 778 g/mol. The molecule has 0 spiro atoms. The minimum Gasteiger partial charge on any atom is -0.456 e. The molecule has 2 bridgehead atoms. The molecule has 3 N–H and O–H groups in total. The summed E-state index contributed by atoms with van der Waals surface area (Å²) in [6, 6.07) is -1.13. The number of nitrogens with zero attached hydrogens (tertiary/aromatic N) is 1. The van der Waals surface area contributed by atoms with Crippen LogP contribution in [-0.2, 0) is 42.9 Å². The second-order valence-corrected chi connectivity index (χ2v) is 16.9. The van der Waals surface area contributed by atoms with E-state index < -0.39 is 83.9 Å². The molecule has 13 nitrogen and oxygen atoms in total. The van der Waals surface area contributed by atoms with Crippen molar-refractivity contribution in [2.75, 3.05) is 27.9 Å². The average Bonchev–Trinajstić information content (AvgIpc) is 3.15. The molecule has 0 aromatic heterocycles. The van der Waals surface area contributed by atoms with Gasteiger partial charge >= 0.3 is 5.97 Å². The van der Waals surface area contributed by atoms with Gasteiger partial charge in [0.15, 0.2) is 0 Å². The molecule has 55 heavy (non-hydrogen) atoms. The first kappa shape index (κ1) is 45.2. The molecular weight excluding hydrogens is 710 g/mol. The second-order valence-electron chi connectivity index (χ2n) is 16.9. The van der Waals surface area contributed by atoms with Gasteiger partial charge in [-0.15, -0.1) is 0 Å². The third kappa shape index (κ3) is 10.7. The van der Waals surface area contributed by atoms with E-state index in [1.807, 2.05) is 32.9 Å². The fourth-order valence-corrected chi connectivity index (χ4v) is 9.16. The van der Waals surface area contributed by atoms with Gasteiger partial charge in [0, 0.05) is 52.0 Å². The van der Waals surface area contributed by atoms with Crippen molar-refractivity contribution in [3.63, 3.8) is 0 Å². The van der Waals surface area contributed by atoms with E-state index in [4.69, 9.17) is 23.7 Å². The predicted molar refractivity (Wildman–Crippen MR) is 203 cm³/mol. The van der Waals surface area contributed by atoms with Crippen LogP contribution in [0.15, 0.2) is 23.3 Å². The van der Waals surface area contributed by atoms with Crippen molar-refractivity contribution >= 4 is 23.4 Å². The number of allylic oxidation sites excluding steroid dienone is 3. The number of cyclic esters (lactones) is 1. The van der Waals surface area contributed by atoms with Crippen molar-refractivity contribution in [1.82, 2.24) is 4.90 Å². The van der Waals surface area contributed by atoms with Crippen LogP contribution in [0.25, 0.3) is 0 Å².